The summed E-state index contributed by atoms with van der Waals surface area (Å²) in [6.07, 6.45) is 1.62. The summed E-state index contributed by atoms with van der Waals surface area (Å²) >= 11 is 1.29. The first-order chi connectivity index (χ1) is 26.8. The highest BCUT2D eigenvalue weighted by molar-refractivity contribution is 7.98. The molecule has 0 radical (unpaired) electrons. The van der Waals surface area contributed by atoms with Gasteiger partial charge in [0.2, 0.25) is 35.4 Å². The van der Waals surface area contributed by atoms with Crippen LogP contribution in [0.5, 0.6) is 0 Å². The molecule has 1 aromatic heterocycles. The molecule has 0 saturated heterocycles. The van der Waals surface area contributed by atoms with E-state index in [-0.39, 0.29) is 56.8 Å². The zero-order valence-corrected chi connectivity index (χ0v) is 32.0. The standard InChI is InChI=1S/C32H52N12O12S/c1-57-12-10-21(43-29(53)20(6-9-25(48)49)40-26(50)17(33)4-8-24(46)47)30(54)42-19(5-7-23(34)45)28(52)41-18(3-2-11-38-32(35)36)27(51)44-22(31(55)56)13-16-14-37-15-39-16/h14-15,17-22H,2-13,33H2,1H3,(H2,34,45)(H,37,39)(H,40,50)(H,41,52)(H,42,54)(H,43,53)(H,44,51)(H,46,47)(H,48,49)(H,55,56)(H4,35,36,38)/t17-,18-,19-,20-,21-,22-/m0/s1. The lowest BCUT2D eigenvalue weighted by Gasteiger charge is -2.27. The van der Waals surface area contributed by atoms with Gasteiger partial charge in [-0.05, 0) is 50.5 Å². The highest BCUT2D eigenvalue weighted by Crippen LogP contribution is 2.09. The Morgan fingerprint density at radius 3 is 1.63 bits per heavy atom. The van der Waals surface area contributed by atoms with Gasteiger partial charge < -0.3 is 69.8 Å². The molecule has 17 N–H and O–H groups in total. The number of aliphatic carboxylic acids is 3. The van der Waals surface area contributed by atoms with Crippen molar-refractivity contribution in [3.8, 4) is 0 Å². The van der Waals surface area contributed by atoms with E-state index >= 15 is 0 Å². The van der Waals surface area contributed by atoms with Gasteiger partial charge in [0.15, 0.2) is 5.96 Å². The predicted octanol–water partition coefficient (Wildman–Crippen LogP) is -4.41. The Balaban J connectivity index is 3.33. The number of hydrogen-bond acceptors (Lipinski definition) is 13. The van der Waals surface area contributed by atoms with E-state index in [0.717, 1.165) is 0 Å². The molecule has 318 valence electrons. The number of nitrogens with two attached hydrogens (primary N) is 4. The summed E-state index contributed by atoms with van der Waals surface area (Å²) in [7, 11) is 0. The number of aromatic amines is 1. The molecule has 0 aliphatic heterocycles. The number of thioether (sulfide) groups is 1. The lowest BCUT2D eigenvalue weighted by molar-refractivity contribution is -0.142. The smallest absolute Gasteiger partial charge is 0.326 e. The third-order valence-corrected chi connectivity index (χ3v) is 8.66. The molecule has 0 aromatic carbocycles. The van der Waals surface area contributed by atoms with Crippen LogP contribution in [-0.4, -0.2) is 139 Å². The molecule has 57 heavy (non-hydrogen) atoms. The number of primary amides is 1. The average molecular weight is 829 g/mol. The molecule has 0 spiro atoms. The number of guanidine groups is 1. The maximum Gasteiger partial charge on any atom is 0.326 e. The van der Waals surface area contributed by atoms with Crippen LogP contribution in [0.2, 0.25) is 0 Å². The lowest BCUT2D eigenvalue weighted by atomic mass is 10.0. The number of imidazole rings is 1. The van der Waals surface area contributed by atoms with Crippen LogP contribution in [0.3, 0.4) is 0 Å². The minimum Gasteiger partial charge on any atom is -0.481 e. The van der Waals surface area contributed by atoms with Crippen molar-refractivity contribution in [3.05, 3.63) is 18.2 Å². The molecule has 0 saturated carbocycles. The summed E-state index contributed by atoms with van der Waals surface area (Å²) in [4.78, 5) is 123. The van der Waals surface area contributed by atoms with E-state index in [1.54, 1.807) is 6.26 Å². The van der Waals surface area contributed by atoms with Crippen LogP contribution in [-0.2, 0) is 49.6 Å². The maximum absolute atomic E-state index is 13.7. The molecule has 0 fully saturated rings. The van der Waals surface area contributed by atoms with Crippen molar-refractivity contribution in [3.63, 3.8) is 0 Å². The topological polar surface area (TPSA) is 420 Å². The molecule has 1 rings (SSSR count). The van der Waals surface area contributed by atoms with Crippen molar-refractivity contribution >= 4 is 71.1 Å². The van der Waals surface area contributed by atoms with Crippen LogP contribution in [0.4, 0.5) is 0 Å². The number of aliphatic imine (C=N–C) groups is 1. The van der Waals surface area contributed by atoms with E-state index in [9.17, 15) is 53.4 Å². The van der Waals surface area contributed by atoms with Gasteiger partial charge in [-0.1, -0.05) is 0 Å². The Kier molecular flexibility index (Phi) is 22.4. The van der Waals surface area contributed by atoms with Crippen molar-refractivity contribution in [2.24, 2.45) is 27.9 Å². The summed E-state index contributed by atoms with van der Waals surface area (Å²) in [5.41, 5.74) is 22.2. The van der Waals surface area contributed by atoms with Crippen molar-refractivity contribution in [1.29, 1.82) is 0 Å². The van der Waals surface area contributed by atoms with Gasteiger partial charge >= 0.3 is 17.9 Å². The molecule has 1 heterocycles. The van der Waals surface area contributed by atoms with E-state index in [0.29, 0.717) is 5.69 Å². The van der Waals surface area contributed by atoms with Gasteiger partial charge in [-0.2, -0.15) is 11.8 Å². The summed E-state index contributed by atoms with van der Waals surface area (Å²) in [5, 5.41) is 39.9. The van der Waals surface area contributed by atoms with Gasteiger partial charge in [-0.3, -0.25) is 43.3 Å². The van der Waals surface area contributed by atoms with Gasteiger partial charge in [0.05, 0.1) is 12.4 Å². The van der Waals surface area contributed by atoms with Gasteiger partial charge in [-0.25, -0.2) is 9.78 Å². The zero-order valence-electron chi connectivity index (χ0n) is 31.2. The molecule has 1 aromatic rings. The second-order valence-corrected chi connectivity index (χ2v) is 13.6. The monoisotopic (exact) mass is 828 g/mol. The minimum absolute atomic E-state index is 0.0271. The van der Waals surface area contributed by atoms with Crippen LogP contribution in [0.25, 0.3) is 0 Å². The third-order valence-electron chi connectivity index (χ3n) is 8.01. The number of hydrogen-bond donors (Lipinski definition) is 13. The van der Waals surface area contributed by atoms with Crippen molar-refractivity contribution in [2.45, 2.75) is 100 Å². The van der Waals surface area contributed by atoms with Crippen LogP contribution < -0.4 is 49.5 Å². The highest BCUT2D eigenvalue weighted by Gasteiger charge is 2.33. The fraction of sp³-hybridized carbons (Fsp3) is 0.594. The molecule has 24 nitrogen and oxygen atoms in total. The van der Waals surface area contributed by atoms with Crippen molar-refractivity contribution < 1.29 is 58.5 Å². The molecular formula is C32H52N12O12S. The zero-order chi connectivity index (χ0) is 43.1. The first-order valence-corrected chi connectivity index (χ1v) is 19.0. The van der Waals surface area contributed by atoms with Crippen LogP contribution >= 0.6 is 11.8 Å². The molecule has 0 bridgehead atoms. The lowest BCUT2D eigenvalue weighted by Crippen LogP contribution is -2.59. The molecule has 25 heteroatoms. The number of H-pyrrole nitrogens is 1. The Labute approximate surface area is 330 Å². The van der Waals surface area contributed by atoms with Gasteiger partial charge in [-0.15, -0.1) is 0 Å². The fourth-order valence-electron chi connectivity index (χ4n) is 4.96. The quantitative estimate of drug-likeness (QED) is 0.0206. The summed E-state index contributed by atoms with van der Waals surface area (Å²) < 4.78 is 0. The Morgan fingerprint density at radius 1 is 0.702 bits per heavy atom. The van der Waals surface area contributed by atoms with Crippen LogP contribution in [0.1, 0.15) is 63.5 Å². The van der Waals surface area contributed by atoms with E-state index in [1.165, 1.54) is 24.3 Å². The van der Waals surface area contributed by atoms with Gasteiger partial charge in [0, 0.05) is 44.1 Å². The number of carbonyl (C=O) groups excluding carboxylic acids is 6. The summed E-state index contributed by atoms with van der Waals surface area (Å²) in [6.45, 7) is 0.0271. The van der Waals surface area contributed by atoms with Crippen molar-refractivity contribution in [1.82, 2.24) is 36.6 Å². The number of nitrogens with one attached hydrogen (secondary N) is 6. The first kappa shape index (κ1) is 49.0. The molecule has 0 unspecified atom stereocenters. The number of nitrogens with zero attached hydrogens (tertiary/aromatic N) is 2. The van der Waals surface area contributed by atoms with E-state index in [1.807, 2.05) is 0 Å². The van der Waals surface area contributed by atoms with E-state index in [2.05, 4.69) is 41.5 Å². The van der Waals surface area contributed by atoms with Crippen LogP contribution in [0.15, 0.2) is 17.5 Å². The van der Waals surface area contributed by atoms with E-state index in [4.69, 9.17) is 28.0 Å². The second-order valence-electron chi connectivity index (χ2n) is 12.6. The Hall–Kier alpha value is -5.98. The molecular weight excluding hydrogens is 776 g/mol. The number of rotatable bonds is 29. The molecule has 0 aliphatic carbocycles. The van der Waals surface area contributed by atoms with E-state index < -0.39 is 115 Å². The third kappa shape index (κ3) is 20.5. The van der Waals surface area contributed by atoms with Crippen LogP contribution in [0, 0.1) is 0 Å². The second kappa shape index (κ2) is 26.0. The number of aromatic nitrogens is 2. The Bertz CT molecular complexity index is 1570. The highest BCUT2D eigenvalue weighted by atomic mass is 32.2. The minimum atomic E-state index is -1.54. The average Bonchev–Trinajstić information content (AvgIpc) is 3.65. The number of carbonyl (C=O) groups is 9. The number of carboxylic acids is 3. The molecule has 6 amide bonds. The van der Waals surface area contributed by atoms with Crippen molar-refractivity contribution in [2.75, 3.05) is 18.6 Å². The first-order valence-electron chi connectivity index (χ1n) is 17.6. The number of amides is 6. The maximum atomic E-state index is 13.7. The van der Waals surface area contributed by atoms with Gasteiger partial charge in [0.25, 0.3) is 0 Å². The normalized spacial score (nSPS) is 13.9. The number of carboxylic acid groups (broad SMARTS) is 3. The molecule has 6 atom stereocenters. The predicted molar refractivity (Wildman–Crippen MR) is 203 cm³/mol. The SMILES string of the molecule is CSCC[C@H](NC(=O)[C@H](CCC(=O)O)NC(=O)[C@@H](N)CCC(=O)O)C(=O)N[C@@H](CCC(N)=O)C(=O)N[C@@H](CCCN=C(N)N)C(=O)N[C@@H](Cc1cnc[nH]1)C(=O)O. The fourth-order valence-corrected chi connectivity index (χ4v) is 5.43. The van der Waals surface area contributed by atoms with Gasteiger partial charge in [0.1, 0.15) is 30.2 Å². The summed E-state index contributed by atoms with van der Waals surface area (Å²) in [5.74, 6) is -9.49. The Morgan fingerprint density at radius 2 is 1.18 bits per heavy atom. The molecule has 0 aliphatic rings. The summed E-state index contributed by atoms with van der Waals surface area (Å²) in [6, 6.07) is -8.67. The largest absolute Gasteiger partial charge is 0.481 e.